The first-order chi connectivity index (χ1) is 13.0. The minimum atomic E-state index is -0.865. The largest absolute Gasteiger partial charge is 0.462 e. The maximum absolute atomic E-state index is 12.7. The molecule has 1 N–H and O–H groups in total. The van der Waals surface area contributed by atoms with Gasteiger partial charge in [0.25, 0.3) is 0 Å². The topological polar surface area (TPSA) is 54.5 Å². The SMILES string of the molecule is Cc1cc(-c2ccccc2OCF)cc([C@H]2CC[C@@]3(CCN(C)C3=O)N2)n1.Cl. The number of halogens is 2. The van der Waals surface area contributed by atoms with Gasteiger partial charge in [0.2, 0.25) is 12.8 Å². The lowest BCUT2D eigenvalue weighted by Crippen LogP contribution is -2.47. The molecule has 5 nitrogen and oxygen atoms in total. The fraction of sp³-hybridized carbons (Fsp3) is 0.429. The summed E-state index contributed by atoms with van der Waals surface area (Å²) in [6.07, 6.45) is 2.54. The normalized spacial score (nSPS) is 23.9. The van der Waals surface area contributed by atoms with Gasteiger partial charge >= 0.3 is 0 Å². The van der Waals surface area contributed by atoms with Crippen LogP contribution in [-0.2, 0) is 4.79 Å². The third-order valence-electron chi connectivity index (χ3n) is 5.68. The van der Waals surface area contributed by atoms with Crippen LogP contribution in [-0.4, -0.2) is 41.8 Å². The highest BCUT2D eigenvalue weighted by atomic mass is 35.5. The molecule has 2 fully saturated rings. The number of nitrogens with zero attached hydrogens (tertiary/aromatic N) is 2. The summed E-state index contributed by atoms with van der Waals surface area (Å²) in [5, 5.41) is 3.56. The lowest BCUT2D eigenvalue weighted by Gasteiger charge is -2.23. The first kappa shape index (κ1) is 20.6. The molecular weight excluding hydrogens is 381 g/mol. The Kier molecular flexibility index (Phi) is 5.91. The molecule has 2 atom stereocenters. The van der Waals surface area contributed by atoms with Crippen LogP contribution in [0.2, 0.25) is 0 Å². The molecule has 4 rings (SSSR count). The zero-order chi connectivity index (χ0) is 19.0. The van der Waals surface area contributed by atoms with Crippen LogP contribution in [0.3, 0.4) is 0 Å². The molecular formula is C21H25ClFN3O2. The van der Waals surface area contributed by atoms with Gasteiger partial charge in [-0.15, -0.1) is 12.4 Å². The smallest absolute Gasteiger partial charge is 0.242 e. The predicted octanol–water partition coefficient (Wildman–Crippen LogP) is 3.81. The molecule has 2 aliphatic rings. The fourth-order valence-corrected chi connectivity index (χ4v) is 4.31. The maximum Gasteiger partial charge on any atom is 0.242 e. The van der Waals surface area contributed by atoms with E-state index >= 15 is 0 Å². The number of amides is 1. The number of carbonyl (C=O) groups excluding carboxylic acids is 1. The van der Waals surface area contributed by atoms with Crippen molar-refractivity contribution in [3.05, 3.63) is 47.8 Å². The van der Waals surface area contributed by atoms with E-state index in [-0.39, 0.29) is 24.4 Å². The van der Waals surface area contributed by atoms with Gasteiger partial charge in [0.05, 0.1) is 11.7 Å². The molecule has 7 heteroatoms. The quantitative estimate of drug-likeness (QED) is 0.840. The van der Waals surface area contributed by atoms with Gasteiger partial charge in [-0.2, -0.15) is 0 Å². The second-order valence-corrected chi connectivity index (χ2v) is 7.47. The van der Waals surface area contributed by atoms with Gasteiger partial charge in [-0.3, -0.25) is 15.1 Å². The predicted molar refractivity (Wildman–Crippen MR) is 108 cm³/mol. The minimum Gasteiger partial charge on any atom is -0.462 e. The number of nitrogens with one attached hydrogen (secondary N) is 1. The molecule has 1 spiro atoms. The van der Waals surface area contributed by atoms with Gasteiger partial charge in [0.15, 0.2) is 0 Å². The van der Waals surface area contributed by atoms with E-state index in [0.29, 0.717) is 5.75 Å². The number of carbonyl (C=O) groups is 1. The van der Waals surface area contributed by atoms with E-state index < -0.39 is 12.4 Å². The number of alkyl halides is 1. The molecule has 0 radical (unpaired) electrons. The molecule has 0 aliphatic carbocycles. The van der Waals surface area contributed by atoms with Crippen LogP contribution in [0.4, 0.5) is 4.39 Å². The number of aryl methyl sites for hydroxylation is 1. The number of aromatic nitrogens is 1. The highest BCUT2D eigenvalue weighted by Gasteiger charge is 2.50. The summed E-state index contributed by atoms with van der Waals surface area (Å²) < 4.78 is 17.9. The molecule has 2 aliphatic heterocycles. The molecule has 1 aromatic carbocycles. The van der Waals surface area contributed by atoms with E-state index in [1.165, 1.54) is 0 Å². The number of hydrogen-bond donors (Lipinski definition) is 1. The van der Waals surface area contributed by atoms with Gasteiger partial charge in [0, 0.05) is 24.8 Å². The molecule has 3 heterocycles. The highest BCUT2D eigenvalue weighted by Crippen LogP contribution is 2.40. The molecule has 2 saturated heterocycles. The maximum atomic E-state index is 12.7. The number of ether oxygens (including phenoxy) is 1. The summed E-state index contributed by atoms with van der Waals surface area (Å²) in [5.41, 5.74) is 3.14. The Morgan fingerprint density at radius 1 is 1.32 bits per heavy atom. The number of rotatable bonds is 4. The Bertz CT molecular complexity index is 878. The van der Waals surface area contributed by atoms with Crippen LogP contribution < -0.4 is 10.1 Å². The Hall–Kier alpha value is -2.18. The number of likely N-dealkylation sites (N-methyl/N-ethyl adjacent to an activating group) is 1. The summed E-state index contributed by atoms with van der Waals surface area (Å²) in [6.45, 7) is 1.88. The van der Waals surface area contributed by atoms with Crippen LogP contribution in [0.15, 0.2) is 36.4 Å². The summed E-state index contributed by atoms with van der Waals surface area (Å²) in [4.78, 5) is 19.1. The lowest BCUT2D eigenvalue weighted by molar-refractivity contribution is -0.131. The molecule has 0 unspecified atom stereocenters. The summed E-state index contributed by atoms with van der Waals surface area (Å²) in [5.74, 6) is 0.694. The van der Waals surface area contributed by atoms with E-state index in [2.05, 4.69) is 5.32 Å². The highest BCUT2D eigenvalue weighted by molar-refractivity contribution is 5.88. The Balaban J connectivity index is 0.00000225. The average molecular weight is 406 g/mol. The van der Waals surface area contributed by atoms with E-state index in [0.717, 1.165) is 48.3 Å². The minimum absolute atomic E-state index is 0. The zero-order valence-corrected chi connectivity index (χ0v) is 16.9. The molecule has 150 valence electrons. The van der Waals surface area contributed by atoms with E-state index in [4.69, 9.17) is 9.72 Å². The molecule has 1 amide bonds. The van der Waals surface area contributed by atoms with Crippen molar-refractivity contribution >= 4 is 18.3 Å². The first-order valence-corrected chi connectivity index (χ1v) is 9.32. The third kappa shape index (κ3) is 3.59. The van der Waals surface area contributed by atoms with Gasteiger partial charge in [-0.1, -0.05) is 18.2 Å². The van der Waals surface area contributed by atoms with Crippen molar-refractivity contribution in [2.45, 2.75) is 37.8 Å². The van der Waals surface area contributed by atoms with Crippen LogP contribution in [0.5, 0.6) is 5.75 Å². The lowest BCUT2D eigenvalue weighted by atomic mass is 9.96. The van der Waals surface area contributed by atoms with Crippen molar-refractivity contribution in [3.63, 3.8) is 0 Å². The molecule has 2 aromatic rings. The van der Waals surface area contributed by atoms with Crippen molar-refractivity contribution in [1.82, 2.24) is 15.2 Å². The summed E-state index contributed by atoms with van der Waals surface area (Å²) >= 11 is 0. The molecule has 0 bridgehead atoms. The zero-order valence-electron chi connectivity index (χ0n) is 16.1. The van der Waals surface area contributed by atoms with E-state index in [1.807, 2.05) is 44.3 Å². The Morgan fingerprint density at radius 2 is 2.11 bits per heavy atom. The molecule has 0 saturated carbocycles. The number of benzene rings is 1. The second-order valence-electron chi connectivity index (χ2n) is 7.47. The van der Waals surface area contributed by atoms with E-state index in [1.54, 1.807) is 11.0 Å². The van der Waals surface area contributed by atoms with Crippen molar-refractivity contribution in [2.24, 2.45) is 0 Å². The third-order valence-corrected chi connectivity index (χ3v) is 5.68. The number of hydrogen-bond acceptors (Lipinski definition) is 4. The average Bonchev–Trinajstić information content (AvgIpc) is 3.22. The fourth-order valence-electron chi connectivity index (χ4n) is 4.31. The van der Waals surface area contributed by atoms with Crippen molar-refractivity contribution in [2.75, 3.05) is 20.5 Å². The standard InChI is InChI=1S/C21H24FN3O2.ClH/c1-14-11-15(16-5-3-4-6-19(16)27-13-22)12-18(23-14)17-7-8-21(24-17)9-10-25(2)20(21)26;/h3-6,11-12,17,24H,7-10,13H2,1-2H3;1H/t17-,21+;/m1./s1. The monoisotopic (exact) mass is 405 g/mol. The number of likely N-dealkylation sites (tertiary alicyclic amines) is 1. The summed E-state index contributed by atoms with van der Waals surface area (Å²) in [7, 11) is 1.86. The van der Waals surface area contributed by atoms with Crippen molar-refractivity contribution < 1.29 is 13.9 Å². The number of pyridine rings is 1. The summed E-state index contributed by atoms with van der Waals surface area (Å²) in [6, 6.07) is 11.5. The van der Waals surface area contributed by atoms with E-state index in [9.17, 15) is 9.18 Å². The van der Waals surface area contributed by atoms with Crippen LogP contribution in [0, 0.1) is 6.92 Å². The van der Waals surface area contributed by atoms with Crippen LogP contribution in [0.1, 0.15) is 36.7 Å². The Morgan fingerprint density at radius 3 is 2.82 bits per heavy atom. The van der Waals surface area contributed by atoms with Gasteiger partial charge < -0.3 is 9.64 Å². The number of para-hydroxylation sites is 1. The second kappa shape index (κ2) is 8.05. The van der Waals surface area contributed by atoms with Crippen molar-refractivity contribution in [1.29, 1.82) is 0 Å². The molecule has 28 heavy (non-hydrogen) atoms. The van der Waals surface area contributed by atoms with Gasteiger partial charge in [-0.25, -0.2) is 4.39 Å². The van der Waals surface area contributed by atoms with Gasteiger partial charge in [-0.05, 0) is 49.9 Å². The Labute approximate surface area is 170 Å². The van der Waals surface area contributed by atoms with Crippen molar-refractivity contribution in [3.8, 4) is 16.9 Å². The first-order valence-electron chi connectivity index (χ1n) is 9.32. The van der Waals surface area contributed by atoms with Crippen LogP contribution in [0.25, 0.3) is 11.1 Å². The molecule has 1 aromatic heterocycles. The van der Waals surface area contributed by atoms with Crippen LogP contribution >= 0.6 is 12.4 Å². The van der Waals surface area contributed by atoms with Gasteiger partial charge in [0.1, 0.15) is 11.3 Å².